The zero-order valence-electron chi connectivity index (χ0n) is 9.55. The highest BCUT2D eigenvalue weighted by atomic mass is 16.1. The molecule has 1 fully saturated rings. The van der Waals surface area contributed by atoms with Crippen LogP contribution >= 0.6 is 0 Å². The Bertz CT molecular complexity index is 192. The molecule has 1 aliphatic rings. The van der Waals surface area contributed by atoms with Gasteiger partial charge in [-0.25, -0.2) is 0 Å². The Morgan fingerprint density at radius 2 is 2.29 bits per heavy atom. The van der Waals surface area contributed by atoms with Crippen LogP contribution in [0.1, 0.15) is 27.2 Å². The van der Waals surface area contributed by atoms with Crippen molar-refractivity contribution in [3.05, 3.63) is 0 Å². The normalized spacial score (nSPS) is 23.0. The fourth-order valence-corrected chi connectivity index (χ4v) is 1.82. The third-order valence-corrected chi connectivity index (χ3v) is 2.91. The van der Waals surface area contributed by atoms with Crippen molar-refractivity contribution in [2.45, 2.75) is 27.2 Å². The molecule has 0 aromatic heterocycles. The van der Waals surface area contributed by atoms with Crippen LogP contribution in [0.4, 0.5) is 0 Å². The smallest absolute Gasteiger partial charge is 0.222 e. The Labute approximate surface area is 86.9 Å². The van der Waals surface area contributed by atoms with Gasteiger partial charge in [-0.2, -0.15) is 0 Å². The second-order valence-electron chi connectivity index (χ2n) is 4.45. The lowest BCUT2D eigenvalue weighted by atomic mass is 10.1. The molecule has 1 aliphatic heterocycles. The maximum absolute atomic E-state index is 11.3. The number of hydrogen-bond donors (Lipinski definition) is 1. The lowest BCUT2D eigenvalue weighted by molar-refractivity contribution is -0.124. The number of nitrogens with one attached hydrogen (secondary N) is 1. The van der Waals surface area contributed by atoms with Gasteiger partial charge in [0, 0.05) is 19.0 Å². The molecule has 0 aliphatic carbocycles. The van der Waals surface area contributed by atoms with Gasteiger partial charge < -0.3 is 10.2 Å². The van der Waals surface area contributed by atoms with Crippen molar-refractivity contribution in [1.29, 1.82) is 0 Å². The van der Waals surface area contributed by atoms with E-state index in [1.807, 2.05) is 13.8 Å². The molecule has 1 N–H and O–H groups in total. The van der Waals surface area contributed by atoms with E-state index in [1.54, 1.807) is 0 Å². The van der Waals surface area contributed by atoms with Gasteiger partial charge in [0.1, 0.15) is 0 Å². The van der Waals surface area contributed by atoms with Crippen molar-refractivity contribution in [2.24, 2.45) is 11.8 Å². The molecule has 1 rings (SSSR count). The standard InChI is InChI=1S/C11H22N2O/c1-4-13-6-5-10(8-13)7-12-11(14)9(2)3/h9-10H,4-8H2,1-3H3,(H,12,14). The van der Waals surface area contributed by atoms with E-state index in [2.05, 4.69) is 17.1 Å². The first kappa shape index (κ1) is 11.5. The average Bonchev–Trinajstić information content (AvgIpc) is 2.61. The summed E-state index contributed by atoms with van der Waals surface area (Å²) in [6.45, 7) is 10.4. The molecule has 3 heteroatoms. The van der Waals surface area contributed by atoms with Gasteiger partial charge in [-0.15, -0.1) is 0 Å². The number of hydrogen-bond acceptors (Lipinski definition) is 2. The highest BCUT2D eigenvalue weighted by molar-refractivity contribution is 5.77. The van der Waals surface area contributed by atoms with Gasteiger partial charge in [0.15, 0.2) is 0 Å². The molecule has 14 heavy (non-hydrogen) atoms. The number of nitrogens with zero attached hydrogens (tertiary/aromatic N) is 1. The molecule has 1 unspecified atom stereocenters. The molecule has 0 aromatic carbocycles. The number of likely N-dealkylation sites (tertiary alicyclic amines) is 1. The maximum Gasteiger partial charge on any atom is 0.222 e. The topological polar surface area (TPSA) is 32.3 Å². The molecular weight excluding hydrogens is 176 g/mol. The summed E-state index contributed by atoms with van der Waals surface area (Å²) < 4.78 is 0. The zero-order chi connectivity index (χ0) is 10.6. The summed E-state index contributed by atoms with van der Waals surface area (Å²) in [6, 6.07) is 0. The lowest BCUT2D eigenvalue weighted by Crippen LogP contribution is -2.33. The van der Waals surface area contributed by atoms with E-state index in [9.17, 15) is 4.79 Å². The van der Waals surface area contributed by atoms with Crippen molar-refractivity contribution in [3.8, 4) is 0 Å². The Morgan fingerprint density at radius 1 is 1.57 bits per heavy atom. The molecule has 1 atom stereocenters. The van der Waals surface area contributed by atoms with Crippen LogP contribution in [0.5, 0.6) is 0 Å². The fourth-order valence-electron chi connectivity index (χ4n) is 1.82. The zero-order valence-corrected chi connectivity index (χ0v) is 9.55. The van der Waals surface area contributed by atoms with E-state index in [0.29, 0.717) is 5.92 Å². The van der Waals surface area contributed by atoms with E-state index < -0.39 is 0 Å². The second-order valence-corrected chi connectivity index (χ2v) is 4.45. The molecular formula is C11H22N2O. The Morgan fingerprint density at radius 3 is 2.79 bits per heavy atom. The Balaban J connectivity index is 2.17. The third-order valence-electron chi connectivity index (χ3n) is 2.91. The molecule has 0 radical (unpaired) electrons. The van der Waals surface area contributed by atoms with Gasteiger partial charge in [0.25, 0.3) is 0 Å². The van der Waals surface area contributed by atoms with Crippen molar-refractivity contribution >= 4 is 5.91 Å². The van der Waals surface area contributed by atoms with Crippen molar-refractivity contribution in [1.82, 2.24) is 10.2 Å². The van der Waals surface area contributed by atoms with Crippen LogP contribution in [0.15, 0.2) is 0 Å². The third kappa shape index (κ3) is 3.29. The highest BCUT2D eigenvalue weighted by Crippen LogP contribution is 2.14. The van der Waals surface area contributed by atoms with Gasteiger partial charge in [0.05, 0.1) is 0 Å². The van der Waals surface area contributed by atoms with Crippen LogP contribution in [0, 0.1) is 11.8 Å². The summed E-state index contributed by atoms with van der Waals surface area (Å²) in [7, 11) is 0. The number of amides is 1. The minimum absolute atomic E-state index is 0.110. The van der Waals surface area contributed by atoms with Crippen LogP contribution in [0.25, 0.3) is 0 Å². The molecule has 0 saturated carbocycles. The predicted molar refractivity (Wildman–Crippen MR) is 58.1 cm³/mol. The van der Waals surface area contributed by atoms with Crippen LogP contribution < -0.4 is 5.32 Å². The molecule has 0 aromatic rings. The Kier molecular flexibility index (Phi) is 4.39. The number of carbonyl (C=O) groups excluding carboxylic acids is 1. The van der Waals surface area contributed by atoms with Gasteiger partial charge in [-0.05, 0) is 25.4 Å². The summed E-state index contributed by atoms with van der Waals surface area (Å²) in [5.74, 6) is 0.955. The van der Waals surface area contributed by atoms with Crippen LogP contribution in [0.2, 0.25) is 0 Å². The lowest BCUT2D eigenvalue weighted by Gasteiger charge is -2.14. The molecule has 1 amide bonds. The van der Waals surface area contributed by atoms with Crippen LogP contribution in [-0.4, -0.2) is 37.0 Å². The van der Waals surface area contributed by atoms with Crippen molar-refractivity contribution in [2.75, 3.05) is 26.2 Å². The molecule has 1 heterocycles. The highest BCUT2D eigenvalue weighted by Gasteiger charge is 2.21. The first-order chi connectivity index (χ1) is 6.63. The van der Waals surface area contributed by atoms with Gasteiger partial charge >= 0.3 is 0 Å². The quantitative estimate of drug-likeness (QED) is 0.733. The minimum atomic E-state index is 0.110. The average molecular weight is 198 g/mol. The molecule has 82 valence electrons. The summed E-state index contributed by atoms with van der Waals surface area (Å²) in [4.78, 5) is 13.8. The van der Waals surface area contributed by atoms with Crippen molar-refractivity contribution in [3.63, 3.8) is 0 Å². The summed E-state index contributed by atoms with van der Waals surface area (Å²) in [5.41, 5.74) is 0. The van der Waals surface area contributed by atoms with Crippen molar-refractivity contribution < 1.29 is 4.79 Å². The SMILES string of the molecule is CCN1CCC(CNC(=O)C(C)C)C1. The Hall–Kier alpha value is -0.570. The number of carbonyl (C=O) groups is 1. The first-order valence-electron chi connectivity index (χ1n) is 5.63. The van der Waals surface area contributed by atoms with E-state index in [0.717, 1.165) is 19.6 Å². The summed E-state index contributed by atoms with van der Waals surface area (Å²) in [6.07, 6.45) is 1.23. The fraction of sp³-hybridized carbons (Fsp3) is 0.909. The molecule has 0 spiro atoms. The molecule has 3 nitrogen and oxygen atoms in total. The predicted octanol–water partition coefficient (Wildman–Crippen LogP) is 1.10. The van der Waals surface area contributed by atoms with Crippen LogP contribution in [-0.2, 0) is 4.79 Å². The summed E-state index contributed by atoms with van der Waals surface area (Å²) >= 11 is 0. The van der Waals surface area contributed by atoms with E-state index in [-0.39, 0.29) is 11.8 Å². The monoisotopic (exact) mass is 198 g/mol. The van der Waals surface area contributed by atoms with E-state index >= 15 is 0 Å². The maximum atomic E-state index is 11.3. The second kappa shape index (κ2) is 5.35. The van der Waals surface area contributed by atoms with Gasteiger partial charge in [0.2, 0.25) is 5.91 Å². The van der Waals surface area contributed by atoms with E-state index in [4.69, 9.17) is 0 Å². The van der Waals surface area contributed by atoms with Crippen LogP contribution in [0.3, 0.4) is 0 Å². The summed E-state index contributed by atoms with van der Waals surface area (Å²) in [5, 5.41) is 3.00. The van der Waals surface area contributed by atoms with E-state index in [1.165, 1.54) is 13.0 Å². The molecule has 1 saturated heterocycles. The number of rotatable bonds is 4. The largest absolute Gasteiger partial charge is 0.356 e. The van der Waals surface area contributed by atoms with Gasteiger partial charge in [-0.3, -0.25) is 4.79 Å². The molecule has 0 bridgehead atoms. The first-order valence-corrected chi connectivity index (χ1v) is 5.63. The van der Waals surface area contributed by atoms with Gasteiger partial charge in [-0.1, -0.05) is 20.8 Å². The minimum Gasteiger partial charge on any atom is -0.356 e.